The molecule has 1 amide bonds. The summed E-state index contributed by atoms with van der Waals surface area (Å²) in [5.74, 6) is -0.148. The van der Waals surface area contributed by atoms with Gasteiger partial charge in [-0.3, -0.25) is 14.2 Å². The molecule has 7 nitrogen and oxygen atoms in total. The highest BCUT2D eigenvalue weighted by molar-refractivity contribution is 9.10. The average molecular weight is 467 g/mol. The van der Waals surface area contributed by atoms with Crippen LogP contribution in [0.1, 0.15) is 34.4 Å². The molecule has 30 heavy (non-hydrogen) atoms. The molecule has 0 saturated carbocycles. The number of hydrogen-bond donors (Lipinski definition) is 1. The number of para-hydroxylation sites is 1. The molecule has 0 fully saturated rings. The molecule has 0 aliphatic carbocycles. The van der Waals surface area contributed by atoms with Crippen molar-refractivity contribution in [1.29, 1.82) is 0 Å². The van der Waals surface area contributed by atoms with Crippen LogP contribution in [-0.2, 0) is 20.1 Å². The average Bonchev–Trinajstić information content (AvgIpc) is 3.22. The number of nitrogens with zero attached hydrogens (tertiary/aromatic N) is 5. The number of amides is 1. The predicted octanol–water partition coefficient (Wildman–Crippen LogP) is 4.16. The van der Waals surface area contributed by atoms with Gasteiger partial charge in [0.1, 0.15) is 0 Å². The van der Waals surface area contributed by atoms with Gasteiger partial charge >= 0.3 is 0 Å². The lowest BCUT2D eigenvalue weighted by Crippen LogP contribution is -2.25. The SMILES string of the molecule is CCn1ncc(Br)c1CNC(=O)c1cc(-c2c(C)nn(C)c2C)nc2ccccc12. The van der Waals surface area contributed by atoms with Crippen LogP contribution in [0.3, 0.4) is 0 Å². The summed E-state index contributed by atoms with van der Waals surface area (Å²) in [7, 11) is 1.91. The zero-order valence-corrected chi connectivity index (χ0v) is 19.0. The Morgan fingerprint density at radius 2 is 2.00 bits per heavy atom. The summed E-state index contributed by atoms with van der Waals surface area (Å²) in [5.41, 5.74) is 5.92. The van der Waals surface area contributed by atoms with Crippen LogP contribution in [0.4, 0.5) is 0 Å². The second-order valence-corrected chi connectivity index (χ2v) is 8.03. The number of pyridine rings is 1. The summed E-state index contributed by atoms with van der Waals surface area (Å²) < 4.78 is 4.58. The van der Waals surface area contributed by atoms with Gasteiger partial charge in [0.15, 0.2) is 0 Å². The Kier molecular flexibility index (Phi) is 5.42. The van der Waals surface area contributed by atoms with Gasteiger partial charge in [0.25, 0.3) is 5.91 Å². The molecule has 0 bridgehead atoms. The maximum absolute atomic E-state index is 13.2. The topological polar surface area (TPSA) is 77.6 Å². The van der Waals surface area contributed by atoms with Gasteiger partial charge in [0.2, 0.25) is 0 Å². The van der Waals surface area contributed by atoms with E-state index in [0.717, 1.165) is 50.3 Å². The summed E-state index contributed by atoms with van der Waals surface area (Å²) in [5, 5.41) is 12.7. The minimum Gasteiger partial charge on any atom is -0.346 e. The normalized spacial score (nSPS) is 11.2. The maximum Gasteiger partial charge on any atom is 0.252 e. The second kappa shape index (κ2) is 8.02. The fourth-order valence-electron chi connectivity index (χ4n) is 3.73. The quantitative estimate of drug-likeness (QED) is 0.478. The van der Waals surface area contributed by atoms with Gasteiger partial charge in [0.05, 0.1) is 45.4 Å². The molecule has 1 aromatic carbocycles. The van der Waals surface area contributed by atoms with Crippen molar-refractivity contribution in [3.8, 4) is 11.3 Å². The van der Waals surface area contributed by atoms with Crippen molar-refractivity contribution in [2.75, 3.05) is 0 Å². The zero-order chi connectivity index (χ0) is 21.4. The Labute approximate surface area is 183 Å². The van der Waals surface area contributed by atoms with Crippen LogP contribution in [0.2, 0.25) is 0 Å². The molecule has 3 heterocycles. The maximum atomic E-state index is 13.2. The van der Waals surface area contributed by atoms with Crippen molar-refractivity contribution >= 4 is 32.7 Å². The molecule has 0 atom stereocenters. The number of nitrogens with one attached hydrogen (secondary N) is 1. The van der Waals surface area contributed by atoms with E-state index in [9.17, 15) is 4.79 Å². The fraction of sp³-hybridized carbons (Fsp3) is 0.273. The van der Waals surface area contributed by atoms with Crippen LogP contribution in [0.15, 0.2) is 41.0 Å². The number of fused-ring (bicyclic) bond motifs is 1. The first-order chi connectivity index (χ1) is 14.4. The van der Waals surface area contributed by atoms with Crippen molar-refractivity contribution in [1.82, 2.24) is 29.9 Å². The lowest BCUT2D eigenvalue weighted by atomic mass is 10.0. The molecule has 3 aromatic heterocycles. The van der Waals surface area contributed by atoms with Gasteiger partial charge in [-0.05, 0) is 48.8 Å². The molecular formula is C22H23BrN6O. The number of benzene rings is 1. The third-order valence-corrected chi connectivity index (χ3v) is 6.00. The first kappa shape index (κ1) is 20.3. The molecule has 0 radical (unpaired) electrons. The summed E-state index contributed by atoms with van der Waals surface area (Å²) >= 11 is 3.51. The van der Waals surface area contributed by atoms with E-state index in [4.69, 9.17) is 4.98 Å². The lowest BCUT2D eigenvalue weighted by Gasteiger charge is -2.12. The van der Waals surface area contributed by atoms with E-state index < -0.39 is 0 Å². The van der Waals surface area contributed by atoms with Crippen LogP contribution in [0.5, 0.6) is 0 Å². The van der Waals surface area contributed by atoms with Crippen LogP contribution in [-0.4, -0.2) is 30.5 Å². The van der Waals surface area contributed by atoms with Crippen molar-refractivity contribution in [2.45, 2.75) is 33.9 Å². The first-order valence-electron chi connectivity index (χ1n) is 9.79. The van der Waals surface area contributed by atoms with Gasteiger partial charge in [-0.25, -0.2) is 4.98 Å². The number of halogens is 1. The summed E-state index contributed by atoms with van der Waals surface area (Å²) in [6.45, 7) is 7.10. The fourth-order valence-corrected chi connectivity index (χ4v) is 4.17. The largest absolute Gasteiger partial charge is 0.346 e. The molecular weight excluding hydrogens is 444 g/mol. The predicted molar refractivity (Wildman–Crippen MR) is 120 cm³/mol. The third-order valence-electron chi connectivity index (χ3n) is 5.34. The van der Waals surface area contributed by atoms with Gasteiger partial charge in [-0.1, -0.05) is 18.2 Å². The molecule has 0 unspecified atom stereocenters. The van der Waals surface area contributed by atoms with Crippen molar-refractivity contribution in [3.63, 3.8) is 0 Å². The van der Waals surface area contributed by atoms with E-state index in [1.807, 2.05) is 67.5 Å². The van der Waals surface area contributed by atoms with E-state index in [1.165, 1.54) is 0 Å². The summed E-state index contributed by atoms with van der Waals surface area (Å²) in [6, 6.07) is 9.57. The zero-order valence-electron chi connectivity index (χ0n) is 17.4. The van der Waals surface area contributed by atoms with Gasteiger partial charge in [-0.15, -0.1) is 0 Å². The van der Waals surface area contributed by atoms with Crippen molar-refractivity contribution < 1.29 is 4.79 Å². The molecule has 4 rings (SSSR count). The minimum absolute atomic E-state index is 0.148. The van der Waals surface area contributed by atoms with Crippen molar-refractivity contribution in [2.24, 2.45) is 7.05 Å². The van der Waals surface area contributed by atoms with Crippen LogP contribution < -0.4 is 5.32 Å². The molecule has 0 aliphatic heterocycles. The third kappa shape index (κ3) is 3.52. The smallest absolute Gasteiger partial charge is 0.252 e. The molecule has 8 heteroatoms. The highest BCUT2D eigenvalue weighted by Gasteiger charge is 2.19. The Morgan fingerprint density at radius 3 is 2.70 bits per heavy atom. The minimum atomic E-state index is -0.148. The summed E-state index contributed by atoms with van der Waals surface area (Å²) in [6.07, 6.45) is 1.75. The Bertz CT molecular complexity index is 1260. The molecule has 0 saturated heterocycles. The lowest BCUT2D eigenvalue weighted by molar-refractivity contribution is 0.0951. The van der Waals surface area contributed by atoms with Gasteiger partial charge in [0, 0.05) is 30.2 Å². The highest BCUT2D eigenvalue weighted by Crippen LogP contribution is 2.29. The Balaban J connectivity index is 1.76. The first-order valence-corrected chi connectivity index (χ1v) is 10.6. The molecule has 154 valence electrons. The molecule has 1 N–H and O–H groups in total. The number of carbonyl (C=O) groups is 1. The second-order valence-electron chi connectivity index (χ2n) is 7.18. The van der Waals surface area contributed by atoms with Gasteiger partial charge < -0.3 is 5.32 Å². The molecule has 0 spiro atoms. The summed E-state index contributed by atoms with van der Waals surface area (Å²) in [4.78, 5) is 18.0. The standard InChI is InChI=1S/C22H23BrN6O/c1-5-29-20(17(23)11-25-29)12-24-22(30)16-10-19(21-13(2)27-28(4)14(21)3)26-18-9-7-6-8-15(16)18/h6-11H,5,12H2,1-4H3,(H,24,30). The van der Waals surface area contributed by atoms with Crippen LogP contribution in [0, 0.1) is 13.8 Å². The van der Waals surface area contributed by atoms with Gasteiger partial charge in [-0.2, -0.15) is 10.2 Å². The van der Waals surface area contributed by atoms with E-state index in [-0.39, 0.29) is 5.91 Å². The van der Waals surface area contributed by atoms with Crippen LogP contribution >= 0.6 is 15.9 Å². The number of hydrogen-bond acceptors (Lipinski definition) is 4. The van der Waals surface area contributed by atoms with E-state index in [2.05, 4.69) is 31.4 Å². The Morgan fingerprint density at radius 1 is 1.23 bits per heavy atom. The van der Waals surface area contributed by atoms with E-state index >= 15 is 0 Å². The molecule has 0 aliphatic rings. The van der Waals surface area contributed by atoms with E-state index in [1.54, 1.807) is 6.20 Å². The van der Waals surface area contributed by atoms with Crippen LogP contribution in [0.25, 0.3) is 22.2 Å². The number of carbonyl (C=O) groups excluding carboxylic acids is 1. The van der Waals surface area contributed by atoms with Crippen molar-refractivity contribution in [3.05, 3.63) is 63.6 Å². The number of rotatable bonds is 5. The monoisotopic (exact) mass is 466 g/mol. The highest BCUT2D eigenvalue weighted by atomic mass is 79.9. The Hall–Kier alpha value is -3.00. The number of aromatic nitrogens is 5. The van der Waals surface area contributed by atoms with E-state index in [0.29, 0.717) is 12.1 Å². The number of aryl methyl sites for hydroxylation is 3. The molecule has 4 aromatic rings.